The molecule has 0 fully saturated rings. The number of halogens is 1. The molecule has 1 aliphatic rings. The first kappa shape index (κ1) is 15.1. The zero-order valence-corrected chi connectivity index (χ0v) is 13.5. The van der Waals surface area contributed by atoms with Gasteiger partial charge in [-0.3, -0.25) is 15.1 Å². The van der Waals surface area contributed by atoms with Crippen molar-refractivity contribution in [3.05, 3.63) is 63.3 Å². The van der Waals surface area contributed by atoms with E-state index in [2.05, 4.69) is 10.8 Å². The van der Waals surface area contributed by atoms with Gasteiger partial charge in [0.25, 0.3) is 5.91 Å². The highest BCUT2D eigenvalue weighted by Gasteiger charge is 2.31. The van der Waals surface area contributed by atoms with Gasteiger partial charge in [0.2, 0.25) is 0 Å². The van der Waals surface area contributed by atoms with Crippen LogP contribution >= 0.6 is 22.9 Å². The smallest absolute Gasteiger partial charge is 0.261 e. The average molecular weight is 335 g/mol. The molecule has 0 aliphatic carbocycles. The molecule has 1 aliphatic heterocycles. The first-order valence-electron chi connectivity index (χ1n) is 6.82. The van der Waals surface area contributed by atoms with Crippen LogP contribution in [0.1, 0.15) is 22.2 Å². The van der Waals surface area contributed by atoms with Crippen molar-refractivity contribution >= 4 is 34.5 Å². The molecule has 2 heterocycles. The van der Waals surface area contributed by atoms with E-state index in [1.54, 1.807) is 12.1 Å². The molecule has 4 nitrogen and oxygen atoms in total. The molecule has 0 saturated carbocycles. The Balaban J connectivity index is 1.65. The van der Waals surface area contributed by atoms with E-state index >= 15 is 0 Å². The summed E-state index contributed by atoms with van der Waals surface area (Å²) in [5, 5.41) is 2.87. The van der Waals surface area contributed by atoms with Gasteiger partial charge < -0.3 is 5.32 Å². The molecule has 1 amide bonds. The van der Waals surface area contributed by atoms with Crippen molar-refractivity contribution in [3.8, 4) is 0 Å². The Bertz CT molecular complexity index is 714. The summed E-state index contributed by atoms with van der Waals surface area (Å²) >= 11 is 7.10. The number of hydrogen-bond acceptors (Lipinski definition) is 4. The van der Waals surface area contributed by atoms with Crippen LogP contribution in [-0.2, 0) is 4.84 Å². The van der Waals surface area contributed by atoms with Gasteiger partial charge in [-0.25, -0.2) is 0 Å². The van der Waals surface area contributed by atoms with E-state index < -0.39 is 5.60 Å². The average Bonchev–Trinajstić information content (AvgIpc) is 3.13. The van der Waals surface area contributed by atoms with Gasteiger partial charge in [0, 0.05) is 0 Å². The number of carbonyl (C=O) groups excluding carboxylic acids is 1. The van der Waals surface area contributed by atoms with Crippen LogP contribution in [0.15, 0.2) is 48.5 Å². The number of benzene rings is 1. The molecule has 1 atom stereocenters. The number of rotatable bonds is 4. The Hall–Kier alpha value is -1.82. The molecular formula is C16H15ClN2O2S. The van der Waals surface area contributed by atoms with Gasteiger partial charge in [0.15, 0.2) is 0 Å². The Labute approximate surface area is 137 Å². The van der Waals surface area contributed by atoms with Crippen molar-refractivity contribution in [1.29, 1.82) is 0 Å². The summed E-state index contributed by atoms with van der Waals surface area (Å²) in [6.07, 6.45) is 1.98. The fourth-order valence-corrected chi connectivity index (χ4v) is 3.12. The molecule has 0 saturated heterocycles. The maximum Gasteiger partial charge on any atom is 0.261 e. The van der Waals surface area contributed by atoms with Crippen molar-refractivity contribution in [2.45, 2.75) is 12.5 Å². The Morgan fingerprint density at radius 3 is 2.77 bits per heavy atom. The van der Waals surface area contributed by atoms with Gasteiger partial charge in [0.1, 0.15) is 5.60 Å². The molecule has 0 radical (unpaired) electrons. The molecule has 6 heteroatoms. The lowest BCUT2D eigenvalue weighted by atomic mass is 10.0. The number of hydrogen-bond donors (Lipinski definition) is 2. The third-order valence-corrected chi connectivity index (χ3v) is 4.56. The summed E-state index contributed by atoms with van der Waals surface area (Å²) in [6, 6.07) is 13.3. The normalized spacial score (nSPS) is 20.4. The highest BCUT2D eigenvalue weighted by molar-refractivity contribution is 7.17. The van der Waals surface area contributed by atoms with Crippen LogP contribution in [0.25, 0.3) is 5.70 Å². The van der Waals surface area contributed by atoms with E-state index in [-0.39, 0.29) is 5.91 Å². The minimum absolute atomic E-state index is 0.150. The quantitative estimate of drug-likeness (QED) is 0.900. The SMILES string of the molecule is CC1(CNC(=O)c2ccc(Cl)s2)C=C(c2ccccc2)NO1. The van der Waals surface area contributed by atoms with Crippen molar-refractivity contribution < 1.29 is 9.63 Å². The molecule has 114 valence electrons. The standard InChI is InChI=1S/C16H15ClN2O2S/c1-16(10-18-15(20)13-7-8-14(17)22-13)9-12(19-21-16)11-5-3-2-4-6-11/h2-9,19H,10H2,1H3,(H,18,20). The predicted octanol–water partition coefficient (Wildman–Crippen LogP) is 3.47. The maximum atomic E-state index is 12.1. The molecule has 2 aromatic rings. The van der Waals surface area contributed by atoms with Gasteiger partial charge in [-0.2, -0.15) is 0 Å². The summed E-state index contributed by atoms with van der Waals surface area (Å²) in [7, 11) is 0. The minimum Gasteiger partial charge on any atom is -0.348 e. The monoisotopic (exact) mass is 334 g/mol. The number of nitrogens with one attached hydrogen (secondary N) is 2. The van der Waals surface area contributed by atoms with Crippen LogP contribution in [0.4, 0.5) is 0 Å². The van der Waals surface area contributed by atoms with Crippen LogP contribution < -0.4 is 10.8 Å². The summed E-state index contributed by atoms with van der Waals surface area (Å²) < 4.78 is 0.599. The van der Waals surface area contributed by atoms with E-state index in [9.17, 15) is 4.79 Å². The first-order chi connectivity index (χ1) is 10.6. The van der Waals surface area contributed by atoms with Gasteiger partial charge in [-0.1, -0.05) is 41.9 Å². The van der Waals surface area contributed by atoms with Crippen molar-refractivity contribution in [2.75, 3.05) is 6.54 Å². The molecule has 1 aromatic heterocycles. The zero-order valence-electron chi connectivity index (χ0n) is 11.9. The molecular weight excluding hydrogens is 320 g/mol. The lowest BCUT2D eigenvalue weighted by molar-refractivity contribution is -0.0194. The second-order valence-electron chi connectivity index (χ2n) is 5.23. The number of amides is 1. The van der Waals surface area contributed by atoms with Crippen LogP contribution in [-0.4, -0.2) is 18.1 Å². The van der Waals surface area contributed by atoms with Crippen molar-refractivity contribution in [1.82, 2.24) is 10.8 Å². The van der Waals surface area contributed by atoms with E-state index in [0.29, 0.717) is 15.8 Å². The van der Waals surface area contributed by atoms with Gasteiger partial charge in [-0.05, 0) is 30.7 Å². The topological polar surface area (TPSA) is 50.4 Å². The lowest BCUT2D eigenvalue weighted by Gasteiger charge is -2.20. The molecule has 0 spiro atoms. The van der Waals surface area contributed by atoms with Gasteiger partial charge in [0.05, 0.1) is 21.5 Å². The number of hydroxylamine groups is 1. The lowest BCUT2D eigenvalue weighted by Crippen LogP contribution is -2.40. The van der Waals surface area contributed by atoms with Crippen LogP contribution in [0.2, 0.25) is 4.34 Å². The number of thiophene rings is 1. The Morgan fingerprint density at radius 1 is 1.32 bits per heavy atom. The highest BCUT2D eigenvalue weighted by Crippen LogP contribution is 2.26. The summed E-state index contributed by atoms with van der Waals surface area (Å²) in [4.78, 5) is 18.3. The third-order valence-electron chi connectivity index (χ3n) is 3.33. The Morgan fingerprint density at radius 2 is 2.09 bits per heavy atom. The van der Waals surface area contributed by atoms with E-state index in [4.69, 9.17) is 16.4 Å². The van der Waals surface area contributed by atoms with Gasteiger partial charge >= 0.3 is 0 Å². The van der Waals surface area contributed by atoms with Gasteiger partial charge in [-0.15, -0.1) is 11.3 Å². The molecule has 0 bridgehead atoms. The van der Waals surface area contributed by atoms with Crippen molar-refractivity contribution in [3.63, 3.8) is 0 Å². The molecule has 22 heavy (non-hydrogen) atoms. The van der Waals surface area contributed by atoms with E-state index in [0.717, 1.165) is 11.3 Å². The number of carbonyl (C=O) groups is 1. The largest absolute Gasteiger partial charge is 0.348 e. The molecule has 3 rings (SSSR count). The third kappa shape index (κ3) is 3.32. The Kier molecular flexibility index (Phi) is 4.20. The molecule has 1 unspecified atom stereocenters. The van der Waals surface area contributed by atoms with Crippen LogP contribution in [0.5, 0.6) is 0 Å². The van der Waals surface area contributed by atoms with Crippen LogP contribution in [0, 0.1) is 0 Å². The minimum atomic E-state index is -0.595. The van der Waals surface area contributed by atoms with E-state index in [1.165, 1.54) is 11.3 Å². The second kappa shape index (κ2) is 6.12. The molecule has 1 aromatic carbocycles. The first-order valence-corrected chi connectivity index (χ1v) is 8.01. The predicted molar refractivity (Wildman–Crippen MR) is 88.7 cm³/mol. The maximum absolute atomic E-state index is 12.1. The second-order valence-corrected chi connectivity index (χ2v) is 6.94. The van der Waals surface area contributed by atoms with Crippen LogP contribution in [0.3, 0.4) is 0 Å². The summed E-state index contributed by atoms with van der Waals surface area (Å²) in [6.45, 7) is 2.28. The van der Waals surface area contributed by atoms with E-state index in [1.807, 2.05) is 43.3 Å². The highest BCUT2D eigenvalue weighted by atomic mass is 35.5. The molecule has 2 N–H and O–H groups in total. The fourth-order valence-electron chi connectivity index (χ4n) is 2.16. The zero-order chi connectivity index (χ0) is 15.6. The van der Waals surface area contributed by atoms with Crippen molar-refractivity contribution in [2.24, 2.45) is 0 Å². The summed E-state index contributed by atoms with van der Waals surface area (Å²) in [5.41, 5.74) is 4.27. The summed E-state index contributed by atoms with van der Waals surface area (Å²) in [5.74, 6) is -0.150. The fraction of sp³-hybridized carbons (Fsp3) is 0.188.